The SMILES string of the molecule is CCC(C)n1ccc(CC(NN)c2ccc(F)cn2)n1. The molecule has 0 aliphatic rings. The van der Waals surface area contributed by atoms with Crippen molar-refractivity contribution in [3.05, 3.63) is 47.8 Å². The van der Waals surface area contributed by atoms with E-state index in [9.17, 15) is 4.39 Å². The molecule has 5 nitrogen and oxygen atoms in total. The zero-order valence-electron chi connectivity index (χ0n) is 11.8. The first-order chi connectivity index (χ1) is 9.63. The van der Waals surface area contributed by atoms with Gasteiger partial charge in [0.15, 0.2) is 0 Å². The summed E-state index contributed by atoms with van der Waals surface area (Å²) in [6.07, 6.45) is 4.80. The van der Waals surface area contributed by atoms with Gasteiger partial charge in [0, 0.05) is 18.7 Å². The molecular weight excluding hydrogens is 257 g/mol. The molecule has 0 bridgehead atoms. The minimum absolute atomic E-state index is 0.184. The fourth-order valence-electron chi connectivity index (χ4n) is 1.97. The quantitative estimate of drug-likeness (QED) is 0.627. The third kappa shape index (κ3) is 3.40. The highest BCUT2D eigenvalue weighted by Crippen LogP contribution is 2.16. The van der Waals surface area contributed by atoms with Gasteiger partial charge in [0.25, 0.3) is 0 Å². The van der Waals surface area contributed by atoms with Crippen LogP contribution in [-0.2, 0) is 6.42 Å². The first kappa shape index (κ1) is 14.6. The maximum atomic E-state index is 12.9. The van der Waals surface area contributed by atoms with E-state index < -0.39 is 0 Å². The molecule has 0 aliphatic carbocycles. The summed E-state index contributed by atoms with van der Waals surface area (Å²) in [4.78, 5) is 4.05. The number of hydrogen-bond donors (Lipinski definition) is 2. The monoisotopic (exact) mass is 277 g/mol. The second-order valence-corrected chi connectivity index (χ2v) is 4.87. The summed E-state index contributed by atoms with van der Waals surface area (Å²) in [6.45, 7) is 4.25. The fourth-order valence-corrected chi connectivity index (χ4v) is 1.97. The Balaban J connectivity index is 2.10. The lowest BCUT2D eigenvalue weighted by molar-refractivity contribution is 0.465. The van der Waals surface area contributed by atoms with E-state index >= 15 is 0 Å². The molecule has 0 aliphatic heterocycles. The van der Waals surface area contributed by atoms with Crippen molar-refractivity contribution >= 4 is 0 Å². The highest BCUT2D eigenvalue weighted by molar-refractivity contribution is 5.13. The van der Waals surface area contributed by atoms with Crippen molar-refractivity contribution in [2.45, 2.75) is 38.8 Å². The van der Waals surface area contributed by atoms with Crippen LogP contribution in [0.1, 0.15) is 43.7 Å². The summed E-state index contributed by atoms with van der Waals surface area (Å²) in [5.41, 5.74) is 4.34. The number of nitrogens with one attached hydrogen (secondary N) is 1. The summed E-state index contributed by atoms with van der Waals surface area (Å²) in [5.74, 6) is 5.21. The van der Waals surface area contributed by atoms with Gasteiger partial charge in [-0.05, 0) is 31.5 Å². The molecule has 6 heteroatoms. The van der Waals surface area contributed by atoms with Crippen LogP contribution in [0.5, 0.6) is 0 Å². The van der Waals surface area contributed by atoms with Gasteiger partial charge in [0.2, 0.25) is 0 Å². The number of rotatable bonds is 6. The smallest absolute Gasteiger partial charge is 0.141 e. The van der Waals surface area contributed by atoms with Crippen molar-refractivity contribution in [2.24, 2.45) is 5.84 Å². The van der Waals surface area contributed by atoms with Crippen molar-refractivity contribution in [1.29, 1.82) is 0 Å². The number of halogens is 1. The highest BCUT2D eigenvalue weighted by Gasteiger charge is 2.14. The maximum absolute atomic E-state index is 12.9. The molecule has 20 heavy (non-hydrogen) atoms. The van der Waals surface area contributed by atoms with Gasteiger partial charge in [0.1, 0.15) is 5.82 Å². The van der Waals surface area contributed by atoms with Gasteiger partial charge in [0.05, 0.1) is 23.6 Å². The number of nitrogens with two attached hydrogens (primary N) is 1. The van der Waals surface area contributed by atoms with E-state index in [1.807, 2.05) is 16.9 Å². The lowest BCUT2D eigenvalue weighted by Gasteiger charge is -2.14. The molecular formula is C14H20FN5. The second kappa shape index (κ2) is 6.58. The maximum Gasteiger partial charge on any atom is 0.141 e. The van der Waals surface area contributed by atoms with E-state index in [0.717, 1.165) is 12.1 Å². The average molecular weight is 277 g/mol. The van der Waals surface area contributed by atoms with Gasteiger partial charge in [-0.1, -0.05) is 6.92 Å². The van der Waals surface area contributed by atoms with Crippen LogP contribution < -0.4 is 11.3 Å². The molecule has 0 aromatic carbocycles. The van der Waals surface area contributed by atoms with Crippen LogP contribution >= 0.6 is 0 Å². The van der Waals surface area contributed by atoms with E-state index in [2.05, 4.69) is 29.4 Å². The lowest BCUT2D eigenvalue weighted by atomic mass is 10.1. The van der Waals surface area contributed by atoms with Gasteiger partial charge in [-0.25, -0.2) is 4.39 Å². The van der Waals surface area contributed by atoms with Crippen molar-refractivity contribution in [1.82, 2.24) is 20.2 Å². The standard InChI is InChI=1S/C14H20FN5/c1-3-10(2)20-7-6-12(19-20)8-14(18-16)13-5-4-11(15)9-17-13/h4-7,9-10,14,18H,3,8,16H2,1-2H3. The van der Waals surface area contributed by atoms with E-state index in [4.69, 9.17) is 5.84 Å². The predicted molar refractivity (Wildman–Crippen MR) is 75.2 cm³/mol. The molecule has 0 radical (unpaired) electrons. The molecule has 0 fully saturated rings. The van der Waals surface area contributed by atoms with Gasteiger partial charge in [-0.2, -0.15) is 5.10 Å². The third-order valence-corrected chi connectivity index (χ3v) is 3.43. The first-order valence-corrected chi connectivity index (χ1v) is 6.75. The van der Waals surface area contributed by atoms with E-state index in [1.165, 1.54) is 12.3 Å². The minimum atomic E-state index is -0.356. The molecule has 3 N–H and O–H groups in total. The van der Waals surface area contributed by atoms with Crippen LogP contribution in [-0.4, -0.2) is 14.8 Å². The predicted octanol–water partition coefficient (Wildman–Crippen LogP) is 2.14. The zero-order valence-corrected chi connectivity index (χ0v) is 11.8. The lowest BCUT2D eigenvalue weighted by Crippen LogP contribution is -2.30. The molecule has 2 atom stereocenters. The first-order valence-electron chi connectivity index (χ1n) is 6.75. The van der Waals surface area contributed by atoms with Crippen LogP contribution in [0.2, 0.25) is 0 Å². The van der Waals surface area contributed by atoms with Crippen molar-refractivity contribution in [3.63, 3.8) is 0 Å². The van der Waals surface area contributed by atoms with Gasteiger partial charge >= 0.3 is 0 Å². The Kier molecular flexibility index (Phi) is 4.81. The van der Waals surface area contributed by atoms with Gasteiger partial charge in [-0.15, -0.1) is 0 Å². The summed E-state index contributed by atoms with van der Waals surface area (Å²) in [7, 11) is 0. The van der Waals surface area contributed by atoms with Crippen molar-refractivity contribution in [2.75, 3.05) is 0 Å². The Hall–Kier alpha value is -1.79. The number of nitrogens with zero attached hydrogens (tertiary/aromatic N) is 3. The van der Waals surface area contributed by atoms with E-state index in [1.54, 1.807) is 6.07 Å². The van der Waals surface area contributed by atoms with E-state index in [-0.39, 0.29) is 11.9 Å². The Morgan fingerprint density at radius 3 is 2.80 bits per heavy atom. The molecule has 2 rings (SSSR count). The van der Waals surface area contributed by atoms with Gasteiger partial charge in [-0.3, -0.25) is 20.9 Å². The number of aromatic nitrogens is 3. The molecule has 0 amide bonds. The molecule has 0 saturated carbocycles. The summed E-state index contributed by atoms with van der Waals surface area (Å²) in [6, 6.07) is 5.17. The number of hydrogen-bond acceptors (Lipinski definition) is 4. The summed E-state index contributed by atoms with van der Waals surface area (Å²) in [5, 5.41) is 4.53. The largest absolute Gasteiger partial charge is 0.271 e. The molecule has 2 aromatic rings. The Morgan fingerprint density at radius 2 is 2.20 bits per heavy atom. The van der Waals surface area contributed by atoms with Crippen LogP contribution in [0.25, 0.3) is 0 Å². The van der Waals surface area contributed by atoms with Crippen LogP contribution in [0.15, 0.2) is 30.6 Å². The highest BCUT2D eigenvalue weighted by atomic mass is 19.1. The van der Waals surface area contributed by atoms with Crippen LogP contribution in [0.3, 0.4) is 0 Å². The molecule has 2 unspecified atom stereocenters. The average Bonchev–Trinajstić information content (AvgIpc) is 2.93. The molecule has 2 heterocycles. The van der Waals surface area contributed by atoms with Crippen LogP contribution in [0, 0.1) is 5.82 Å². The summed E-state index contributed by atoms with van der Waals surface area (Å²) >= 11 is 0. The normalized spacial score (nSPS) is 14.2. The third-order valence-electron chi connectivity index (χ3n) is 3.43. The molecule has 0 saturated heterocycles. The second-order valence-electron chi connectivity index (χ2n) is 4.87. The zero-order chi connectivity index (χ0) is 14.5. The molecule has 108 valence electrons. The van der Waals surface area contributed by atoms with Crippen molar-refractivity contribution < 1.29 is 4.39 Å². The number of hydrazine groups is 1. The Bertz CT molecular complexity index is 537. The summed E-state index contributed by atoms with van der Waals surface area (Å²) < 4.78 is 14.8. The topological polar surface area (TPSA) is 68.8 Å². The van der Waals surface area contributed by atoms with Crippen LogP contribution in [0.4, 0.5) is 4.39 Å². The number of pyridine rings is 1. The molecule has 2 aromatic heterocycles. The van der Waals surface area contributed by atoms with E-state index in [0.29, 0.717) is 18.2 Å². The Labute approximate surface area is 118 Å². The fraction of sp³-hybridized carbons (Fsp3) is 0.429. The van der Waals surface area contributed by atoms with Crippen molar-refractivity contribution in [3.8, 4) is 0 Å². The molecule has 0 spiro atoms. The Morgan fingerprint density at radius 1 is 1.40 bits per heavy atom. The minimum Gasteiger partial charge on any atom is -0.271 e. The van der Waals surface area contributed by atoms with Gasteiger partial charge < -0.3 is 0 Å².